The summed E-state index contributed by atoms with van der Waals surface area (Å²) >= 11 is 0. The largest absolute Gasteiger partial charge is 0.497 e. The van der Waals surface area contributed by atoms with Gasteiger partial charge in [0, 0.05) is 18.7 Å². The molecule has 3 aromatic rings. The Balaban J connectivity index is 1.59. The average Bonchev–Trinajstić information content (AvgIpc) is 2.80. The molecule has 0 aromatic heterocycles. The summed E-state index contributed by atoms with van der Waals surface area (Å²) in [4.78, 5) is 2.38. The molecular weight excluding hydrogens is 358 g/mol. The number of ether oxygens (including phenoxy) is 2. The molecule has 0 radical (unpaired) electrons. The van der Waals surface area contributed by atoms with Crippen molar-refractivity contribution in [2.45, 2.75) is 6.04 Å². The predicted molar refractivity (Wildman–Crippen MR) is 119 cm³/mol. The molecule has 1 fully saturated rings. The molecular formula is C26H25NO2. The molecule has 0 saturated carbocycles. The Labute approximate surface area is 172 Å². The standard InChI is InChI=1S/C26H25NO2/c1-28-26-14-11-23-19-22(7-10-24(23)20-26)9-13-25(27-15-17-29-18-16-27)12-8-21-5-3-2-4-6-21/h2-8,10-12,14,19-20,25H,15-18H2,1H3. The number of hydrogen-bond donors (Lipinski definition) is 0. The number of nitrogens with zero attached hydrogens (tertiary/aromatic N) is 1. The van der Waals surface area contributed by atoms with E-state index < -0.39 is 0 Å². The van der Waals surface area contributed by atoms with E-state index in [1.165, 1.54) is 10.9 Å². The fraction of sp³-hybridized carbons (Fsp3) is 0.231. The van der Waals surface area contributed by atoms with Crippen LogP contribution in [-0.2, 0) is 4.74 Å². The minimum Gasteiger partial charge on any atom is -0.497 e. The van der Waals surface area contributed by atoms with Crippen molar-refractivity contribution >= 4 is 16.8 Å². The van der Waals surface area contributed by atoms with Crippen molar-refractivity contribution < 1.29 is 9.47 Å². The van der Waals surface area contributed by atoms with E-state index >= 15 is 0 Å². The number of hydrogen-bond acceptors (Lipinski definition) is 3. The highest BCUT2D eigenvalue weighted by Gasteiger charge is 2.16. The van der Waals surface area contributed by atoms with Crippen LogP contribution < -0.4 is 4.74 Å². The van der Waals surface area contributed by atoms with Gasteiger partial charge < -0.3 is 9.47 Å². The van der Waals surface area contributed by atoms with Crippen LogP contribution in [0.25, 0.3) is 16.8 Å². The second kappa shape index (κ2) is 9.43. The Morgan fingerprint density at radius 3 is 2.52 bits per heavy atom. The predicted octanol–water partition coefficient (Wildman–Crippen LogP) is 4.61. The summed E-state index contributed by atoms with van der Waals surface area (Å²) in [6, 6.07) is 22.8. The number of rotatable bonds is 4. The molecule has 0 spiro atoms. The van der Waals surface area contributed by atoms with Gasteiger partial charge in [0.15, 0.2) is 0 Å². The maximum Gasteiger partial charge on any atom is 0.119 e. The lowest BCUT2D eigenvalue weighted by Crippen LogP contribution is -2.42. The maximum absolute atomic E-state index is 5.52. The SMILES string of the molecule is COc1ccc2cc(C#CC(C=Cc3ccccc3)N3CCOCC3)ccc2c1. The van der Waals surface area contributed by atoms with Gasteiger partial charge in [-0.25, -0.2) is 0 Å². The van der Waals surface area contributed by atoms with Gasteiger partial charge in [-0.05, 0) is 40.6 Å². The van der Waals surface area contributed by atoms with Gasteiger partial charge >= 0.3 is 0 Å². The van der Waals surface area contributed by atoms with Crippen molar-refractivity contribution in [3.8, 4) is 17.6 Å². The van der Waals surface area contributed by atoms with Gasteiger partial charge in [0.2, 0.25) is 0 Å². The first-order valence-corrected chi connectivity index (χ1v) is 9.96. The third kappa shape index (κ3) is 5.06. The fourth-order valence-corrected chi connectivity index (χ4v) is 3.47. The van der Waals surface area contributed by atoms with E-state index in [9.17, 15) is 0 Å². The number of benzene rings is 3. The van der Waals surface area contributed by atoms with Gasteiger partial charge in [0.1, 0.15) is 5.75 Å². The second-order valence-electron chi connectivity index (χ2n) is 7.06. The van der Waals surface area contributed by atoms with Crippen LogP contribution in [0, 0.1) is 11.8 Å². The van der Waals surface area contributed by atoms with Gasteiger partial charge in [-0.1, -0.05) is 66.5 Å². The lowest BCUT2D eigenvalue weighted by atomic mass is 10.1. The summed E-state index contributed by atoms with van der Waals surface area (Å²) in [6.07, 6.45) is 4.35. The van der Waals surface area contributed by atoms with Crippen LogP contribution in [0.15, 0.2) is 72.8 Å². The Hall–Kier alpha value is -3.06. The Bertz CT molecular complexity index is 1040. The minimum absolute atomic E-state index is 0.0608. The Kier molecular flexibility index (Phi) is 6.26. The van der Waals surface area contributed by atoms with Crippen molar-refractivity contribution in [1.82, 2.24) is 4.90 Å². The lowest BCUT2D eigenvalue weighted by Gasteiger charge is -2.29. The van der Waals surface area contributed by atoms with Gasteiger partial charge in [0.05, 0.1) is 26.4 Å². The van der Waals surface area contributed by atoms with Crippen LogP contribution >= 0.6 is 0 Å². The molecule has 1 atom stereocenters. The van der Waals surface area contributed by atoms with E-state index in [-0.39, 0.29) is 6.04 Å². The molecule has 0 aliphatic carbocycles. The molecule has 146 valence electrons. The molecule has 1 aliphatic rings. The highest BCUT2D eigenvalue weighted by atomic mass is 16.5. The van der Waals surface area contributed by atoms with Crippen molar-refractivity contribution in [1.29, 1.82) is 0 Å². The van der Waals surface area contributed by atoms with E-state index in [0.29, 0.717) is 0 Å². The molecule has 29 heavy (non-hydrogen) atoms. The van der Waals surface area contributed by atoms with Crippen molar-refractivity contribution in [3.63, 3.8) is 0 Å². The molecule has 4 rings (SSSR count). The molecule has 0 bridgehead atoms. The Morgan fingerprint density at radius 2 is 1.72 bits per heavy atom. The highest BCUT2D eigenvalue weighted by Crippen LogP contribution is 2.21. The van der Waals surface area contributed by atoms with Crippen LogP contribution in [0.4, 0.5) is 0 Å². The summed E-state index contributed by atoms with van der Waals surface area (Å²) in [5, 5.41) is 2.32. The van der Waals surface area contributed by atoms with Crippen molar-refractivity contribution in [2.24, 2.45) is 0 Å². The molecule has 0 amide bonds. The van der Waals surface area contributed by atoms with Gasteiger partial charge in [0.25, 0.3) is 0 Å². The summed E-state index contributed by atoms with van der Waals surface area (Å²) in [7, 11) is 1.69. The molecule has 0 N–H and O–H groups in total. The smallest absolute Gasteiger partial charge is 0.119 e. The van der Waals surface area contributed by atoms with Gasteiger partial charge in [-0.2, -0.15) is 0 Å². The molecule has 3 heteroatoms. The van der Waals surface area contributed by atoms with Crippen LogP contribution in [0.1, 0.15) is 11.1 Å². The quantitative estimate of drug-likeness (QED) is 0.614. The summed E-state index contributed by atoms with van der Waals surface area (Å²) in [6.45, 7) is 3.32. The van der Waals surface area contributed by atoms with E-state index in [2.05, 4.69) is 77.4 Å². The summed E-state index contributed by atoms with van der Waals surface area (Å²) < 4.78 is 10.8. The number of morpholine rings is 1. The average molecular weight is 383 g/mol. The summed E-state index contributed by atoms with van der Waals surface area (Å²) in [5.41, 5.74) is 2.21. The van der Waals surface area contributed by atoms with E-state index in [4.69, 9.17) is 9.47 Å². The van der Waals surface area contributed by atoms with Crippen LogP contribution in [0.3, 0.4) is 0 Å². The molecule has 1 unspecified atom stereocenters. The van der Waals surface area contributed by atoms with Crippen molar-refractivity contribution in [3.05, 3.63) is 83.9 Å². The number of methoxy groups -OCH3 is 1. The number of fused-ring (bicyclic) bond motifs is 1. The molecule has 3 aromatic carbocycles. The molecule has 1 heterocycles. The zero-order chi connectivity index (χ0) is 19.9. The molecule has 3 nitrogen and oxygen atoms in total. The second-order valence-corrected chi connectivity index (χ2v) is 7.06. The molecule has 1 saturated heterocycles. The first kappa shape index (κ1) is 19.3. The highest BCUT2D eigenvalue weighted by molar-refractivity contribution is 5.85. The van der Waals surface area contributed by atoms with E-state index in [0.717, 1.165) is 43.0 Å². The minimum atomic E-state index is 0.0608. The van der Waals surface area contributed by atoms with Gasteiger partial charge in [-0.15, -0.1) is 0 Å². The maximum atomic E-state index is 5.52. The van der Waals surface area contributed by atoms with E-state index in [1.807, 2.05) is 18.2 Å². The van der Waals surface area contributed by atoms with Crippen LogP contribution in [0.5, 0.6) is 5.75 Å². The zero-order valence-electron chi connectivity index (χ0n) is 16.7. The van der Waals surface area contributed by atoms with Gasteiger partial charge in [-0.3, -0.25) is 4.90 Å². The first-order chi connectivity index (χ1) is 14.3. The summed E-state index contributed by atoms with van der Waals surface area (Å²) in [5.74, 6) is 7.73. The molecule has 1 aliphatic heterocycles. The lowest BCUT2D eigenvalue weighted by molar-refractivity contribution is 0.0344. The Morgan fingerprint density at radius 1 is 0.966 bits per heavy atom. The normalized spacial score (nSPS) is 15.8. The van der Waals surface area contributed by atoms with Crippen molar-refractivity contribution in [2.75, 3.05) is 33.4 Å². The monoisotopic (exact) mass is 383 g/mol. The first-order valence-electron chi connectivity index (χ1n) is 9.96. The zero-order valence-corrected chi connectivity index (χ0v) is 16.7. The fourth-order valence-electron chi connectivity index (χ4n) is 3.47. The third-order valence-corrected chi connectivity index (χ3v) is 5.12. The third-order valence-electron chi connectivity index (χ3n) is 5.12. The van der Waals surface area contributed by atoms with Crippen LogP contribution in [-0.4, -0.2) is 44.4 Å². The topological polar surface area (TPSA) is 21.7 Å². The van der Waals surface area contributed by atoms with Crippen LogP contribution in [0.2, 0.25) is 0 Å². The van der Waals surface area contributed by atoms with E-state index in [1.54, 1.807) is 7.11 Å².